The Hall–Kier alpha value is -1.27. The van der Waals surface area contributed by atoms with Crippen molar-refractivity contribution in [1.29, 1.82) is 0 Å². The fraction of sp³-hybridized carbons (Fsp3) is 0.667. The number of anilines is 1. The molecule has 1 amide bonds. The van der Waals surface area contributed by atoms with Gasteiger partial charge in [-0.2, -0.15) is 0 Å². The molecule has 4 aliphatic rings. The van der Waals surface area contributed by atoms with Gasteiger partial charge in [-0.05, 0) is 107 Å². The van der Waals surface area contributed by atoms with E-state index in [0.29, 0.717) is 11.5 Å². The molecule has 2 saturated carbocycles. The van der Waals surface area contributed by atoms with Crippen LogP contribution in [0.5, 0.6) is 0 Å². The molecule has 5 nitrogen and oxygen atoms in total. The lowest BCUT2D eigenvalue weighted by molar-refractivity contribution is -0.123. The van der Waals surface area contributed by atoms with E-state index in [1.165, 1.54) is 68.4 Å². The smallest absolute Gasteiger partial charge is 0.237 e. The number of hydrogen-bond acceptors (Lipinski definition) is 4. The van der Waals surface area contributed by atoms with Crippen LogP contribution < -0.4 is 15.5 Å². The molecular weight excluding hydrogens is 467 g/mol. The normalized spacial score (nSPS) is 25.0. The number of nitrogens with one attached hydrogen (secondary N) is 2. The first-order chi connectivity index (χ1) is 15.4. The van der Waals surface area contributed by atoms with Crippen LogP contribution >= 0.6 is 24.8 Å². The third kappa shape index (κ3) is 6.29. The first kappa shape index (κ1) is 27.3. The minimum absolute atomic E-state index is 0. The van der Waals surface area contributed by atoms with Gasteiger partial charge in [-0.1, -0.05) is 18.2 Å². The van der Waals surface area contributed by atoms with Gasteiger partial charge in [0.15, 0.2) is 0 Å². The number of benzene rings is 1. The molecule has 1 aromatic carbocycles. The van der Waals surface area contributed by atoms with Gasteiger partial charge in [-0.15, -0.1) is 24.8 Å². The number of amides is 1. The number of carbonyl (C=O) groups is 1. The topological polar surface area (TPSA) is 47.6 Å². The van der Waals surface area contributed by atoms with Gasteiger partial charge in [0.2, 0.25) is 5.91 Å². The highest BCUT2D eigenvalue weighted by Gasteiger charge is 2.50. The van der Waals surface area contributed by atoms with E-state index in [2.05, 4.69) is 71.8 Å². The summed E-state index contributed by atoms with van der Waals surface area (Å²) in [6, 6.07) is 7.39. The fourth-order valence-corrected chi connectivity index (χ4v) is 5.49. The Morgan fingerprint density at radius 1 is 1.21 bits per heavy atom. The molecule has 7 heteroatoms. The maximum atomic E-state index is 12.9. The molecule has 4 fully saturated rings. The second-order valence-electron chi connectivity index (χ2n) is 11.0. The van der Waals surface area contributed by atoms with Gasteiger partial charge in [-0.25, -0.2) is 0 Å². The Morgan fingerprint density at radius 2 is 1.91 bits per heavy atom. The van der Waals surface area contributed by atoms with Crippen molar-refractivity contribution in [3.8, 4) is 0 Å². The predicted molar refractivity (Wildman–Crippen MR) is 146 cm³/mol. The van der Waals surface area contributed by atoms with Gasteiger partial charge in [0, 0.05) is 25.3 Å². The number of allylic oxidation sites excluding steroid dienone is 1. The summed E-state index contributed by atoms with van der Waals surface area (Å²) in [5.74, 6) is 0.895. The first-order valence-electron chi connectivity index (χ1n) is 12.7. The van der Waals surface area contributed by atoms with E-state index in [9.17, 15) is 4.79 Å². The zero-order valence-electron chi connectivity index (χ0n) is 20.9. The van der Waals surface area contributed by atoms with E-state index in [1.54, 1.807) is 0 Å². The molecule has 2 saturated heterocycles. The Kier molecular flexibility index (Phi) is 9.00. The largest absolute Gasteiger partial charge is 0.371 e. The summed E-state index contributed by atoms with van der Waals surface area (Å²) in [7, 11) is 4.46. The highest BCUT2D eigenvalue weighted by atomic mass is 35.5. The number of halogens is 2. The van der Waals surface area contributed by atoms with Gasteiger partial charge in [-0.3, -0.25) is 4.79 Å². The number of rotatable bonds is 7. The van der Waals surface area contributed by atoms with Crippen molar-refractivity contribution in [3.63, 3.8) is 0 Å². The molecule has 2 atom stereocenters. The summed E-state index contributed by atoms with van der Waals surface area (Å²) in [4.78, 5) is 17.8. The van der Waals surface area contributed by atoms with Crippen molar-refractivity contribution in [2.75, 3.05) is 38.6 Å². The average molecular weight is 510 g/mol. The summed E-state index contributed by atoms with van der Waals surface area (Å²) in [5, 5.41) is 6.77. The maximum absolute atomic E-state index is 12.9. The predicted octanol–water partition coefficient (Wildman–Crippen LogP) is 4.80. The lowest BCUT2D eigenvalue weighted by Gasteiger charge is -2.36. The van der Waals surface area contributed by atoms with Crippen molar-refractivity contribution >= 4 is 42.5 Å². The van der Waals surface area contributed by atoms with Gasteiger partial charge in [0.05, 0.1) is 12.1 Å². The molecular formula is C27H42Cl2N4O. The summed E-state index contributed by atoms with van der Waals surface area (Å²) in [6.45, 7) is 5.47. The van der Waals surface area contributed by atoms with Crippen LogP contribution in [0.1, 0.15) is 69.0 Å². The fourth-order valence-electron chi connectivity index (χ4n) is 5.49. The van der Waals surface area contributed by atoms with Crippen LogP contribution in [0.4, 0.5) is 5.69 Å². The van der Waals surface area contributed by atoms with Crippen molar-refractivity contribution in [2.45, 2.75) is 70.0 Å². The summed E-state index contributed by atoms with van der Waals surface area (Å²) >= 11 is 0. The molecule has 0 unspecified atom stereocenters. The van der Waals surface area contributed by atoms with Crippen LogP contribution in [0.25, 0.3) is 6.08 Å². The minimum Gasteiger partial charge on any atom is -0.371 e. The second kappa shape index (κ2) is 11.2. The standard InChI is InChI=1S/C27H40N4O.2ClH/c1-19(29-26(32)25-17-27(12-13-27)18-28-25)24-9-8-23(16-21(24)7-6-20-4-5-20)31(3)22-10-14-30(2)15-11-22;;/h6-9,16,19-20,22,25,28H,4-5,10-15,17-18H2,1-3H3,(H,29,32);2*1H/b7-6+;;/t19-,25-;;/m0../s1. The van der Waals surface area contributed by atoms with Crippen molar-refractivity contribution in [2.24, 2.45) is 11.3 Å². The van der Waals surface area contributed by atoms with Crippen LogP contribution in [0.3, 0.4) is 0 Å². The van der Waals surface area contributed by atoms with E-state index >= 15 is 0 Å². The SMILES string of the molecule is C[C@H](NC(=O)[C@@H]1CC2(CC2)CN1)c1ccc(N(C)C2CCN(C)CC2)cc1/C=C/C1CC1.Cl.Cl. The average Bonchev–Trinajstić information content (AvgIpc) is 3.70. The highest BCUT2D eigenvalue weighted by Crippen LogP contribution is 2.51. The van der Waals surface area contributed by atoms with Crippen molar-refractivity contribution < 1.29 is 4.79 Å². The van der Waals surface area contributed by atoms with E-state index in [0.717, 1.165) is 18.9 Å². The molecule has 1 aromatic rings. The Balaban J connectivity index is 0.00000162. The first-order valence-corrected chi connectivity index (χ1v) is 12.7. The zero-order chi connectivity index (χ0) is 22.3. The molecule has 0 aromatic heterocycles. The van der Waals surface area contributed by atoms with Crippen molar-refractivity contribution in [1.82, 2.24) is 15.5 Å². The van der Waals surface area contributed by atoms with Crippen LogP contribution in [-0.4, -0.2) is 56.6 Å². The third-order valence-electron chi connectivity index (χ3n) is 8.34. The molecule has 2 heterocycles. The van der Waals surface area contributed by atoms with Crippen LogP contribution in [0.2, 0.25) is 0 Å². The zero-order valence-corrected chi connectivity index (χ0v) is 22.5. The maximum Gasteiger partial charge on any atom is 0.237 e. The lowest BCUT2D eigenvalue weighted by Crippen LogP contribution is -2.42. The molecule has 5 rings (SSSR count). The van der Waals surface area contributed by atoms with Gasteiger partial charge in [0.1, 0.15) is 0 Å². The van der Waals surface area contributed by atoms with E-state index in [-0.39, 0.29) is 42.8 Å². The van der Waals surface area contributed by atoms with Crippen LogP contribution in [0, 0.1) is 11.3 Å². The molecule has 2 aliphatic heterocycles. The number of likely N-dealkylation sites (tertiary alicyclic amines) is 1. The minimum atomic E-state index is -0.0276. The summed E-state index contributed by atoms with van der Waals surface area (Å²) in [5.41, 5.74) is 4.18. The van der Waals surface area contributed by atoms with Gasteiger partial charge < -0.3 is 20.4 Å². The molecule has 2 aliphatic carbocycles. The van der Waals surface area contributed by atoms with E-state index in [4.69, 9.17) is 0 Å². The lowest BCUT2D eigenvalue weighted by atomic mass is 9.97. The molecule has 190 valence electrons. The Labute approximate surface area is 217 Å². The number of hydrogen-bond donors (Lipinski definition) is 2. The second-order valence-corrected chi connectivity index (χ2v) is 11.0. The monoisotopic (exact) mass is 508 g/mol. The van der Waals surface area contributed by atoms with Crippen LogP contribution in [0.15, 0.2) is 24.3 Å². The molecule has 1 spiro atoms. The molecule has 34 heavy (non-hydrogen) atoms. The summed E-state index contributed by atoms with van der Waals surface area (Å²) < 4.78 is 0. The molecule has 2 N–H and O–H groups in total. The number of carbonyl (C=O) groups excluding carboxylic acids is 1. The van der Waals surface area contributed by atoms with Gasteiger partial charge in [0.25, 0.3) is 0 Å². The quantitative estimate of drug-likeness (QED) is 0.554. The van der Waals surface area contributed by atoms with E-state index in [1.807, 2.05) is 0 Å². The number of nitrogens with zero attached hydrogens (tertiary/aromatic N) is 2. The van der Waals surface area contributed by atoms with Crippen LogP contribution in [-0.2, 0) is 4.79 Å². The Morgan fingerprint density at radius 3 is 2.53 bits per heavy atom. The molecule has 0 radical (unpaired) electrons. The van der Waals surface area contributed by atoms with Gasteiger partial charge >= 0.3 is 0 Å². The molecule has 0 bridgehead atoms. The third-order valence-corrected chi connectivity index (χ3v) is 8.34. The van der Waals surface area contributed by atoms with E-state index < -0.39 is 0 Å². The Bertz CT molecular complexity index is 875. The summed E-state index contributed by atoms with van der Waals surface area (Å²) in [6.07, 6.45) is 13.3. The number of piperidine rings is 1. The highest BCUT2D eigenvalue weighted by molar-refractivity contribution is 5.85. The van der Waals surface area contributed by atoms with Crippen molar-refractivity contribution in [3.05, 3.63) is 35.4 Å².